The number of aryl methyl sites for hydroxylation is 1. The van der Waals surface area contributed by atoms with Crippen LogP contribution in [-0.4, -0.2) is 72.2 Å². The first-order valence-electron chi connectivity index (χ1n) is 9.18. The molecule has 0 aliphatic carbocycles. The Kier molecular flexibility index (Phi) is 6.58. The first-order chi connectivity index (χ1) is 14.7. The Hall–Kier alpha value is -3.42. The summed E-state index contributed by atoms with van der Waals surface area (Å²) in [5.41, 5.74) is -0.0505. The molecule has 2 amide bonds. The average molecular weight is 453 g/mol. The van der Waals surface area contributed by atoms with E-state index in [-0.39, 0.29) is 36.7 Å². The molecule has 2 N–H and O–H groups in total. The summed E-state index contributed by atoms with van der Waals surface area (Å²) in [7, 11) is 0. The predicted octanol–water partition coefficient (Wildman–Crippen LogP) is -0.127. The maximum Gasteiger partial charge on any atom is 0.352 e. The Bertz CT molecular complexity index is 973. The second-order valence-corrected chi connectivity index (χ2v) is 7.92. The molecule has 2 atom stereocenters. The largest absolute Gasteiger partial charge is 0.477 e. The lowest BCUT2D eigenvalue weighted by Gasteiger charge is -2.49. The Morgan fingerprint density at radius 3 is 2.81 bits per heavy atom. The van der Waals surface area contributed by atoms with Crippen molar-refractivity contribution in [3.63, 3.8) is 0 Å². The number of carboxylic acid groups (broad SMARTS) is 1. The number of β-lactam (4-membered cyclic amide) rings is 1. The Morgan fingerprint density at radius 2 is 2.19 bits per heavy atom. The molecular weight excluding hydrogens is 434 g/mol. The third-order valence-electron chi connectivity index (χ3n) is 4.64. The molecule has 0 bridgehead atoms. The van der Waals surface area contributed by atoms with Crippen molar-refractivity contribution in [1.82, 2.24) is 20.0 Å². The van der Waals surface area contributed by atoms with Crippen LogP contribution < -0.4 is 5.32 Å². The number of aromatic nitrogens is 2. The standard InChI is InChI=1S/C17H19N5O8S/c1-9(23)30-7-10-8-31-16-13(15(25)21(16)14(10)17(26)27)19-12(24)3-2-4-20-6-11(5-18-20)22(28)29/h5-6,13,16H,2-4,7-8H2,1H3,(H,19,24)(H,26,27)/t13-,16+/m0/s1. The molecule has 2 aliphatic rings. The van der Waals surface area contributed by atoms with E-state index in [0.29, 0.717) is 12.0 Å². The van der Waals surface area contributed by atoms with Gasteiger partial charge in [0.15, 0.2) is 0 Å². The number of ether oxygens (including phenoxy) is 1. The third kappa shape index (κ3) is 4.84. The number of nitrogens with one attached hydrogen (secondary N) is 1. The summed E-state index contributed by atoms with van der Waals surface area (Å²) in [6, 6.07) is -0.854. The minimum Gasteiger partial charge on any atom is -0.477 e. The van der Waals surface area contributed by atoms with Gasteiger partial charge in [0, 0.05) is 31.2 Å². The van der Waals surface area contributed by atoms with Crippen molar-refractivity contribution in [3.8, 4) is 0 Å². The van der Waals surface area contributed by atoms with E-state index < -0.39 is 40.1 Å². The van der Waals surface area contributed by atoms with Gasteiger partial charge in [-0.3, -0.25) is 34.1 Å². The predicted molar refractivity (Wildman–Crippen MR) is 104 cm³/mol. The van der Waals surface area contributed by atoms with Gasteiger partial charge in [-0.05, 0) is 6.42 Å². The second-order valence-electron chi connectivity index (χ2n) is 6.81. The third-order valence-corrected chi connectivity index (χ3v) is 5.98. The van der Waals surface area contributed by atoms with Gasteiger partial charge in [0.2, 0.25) is 5.91 Å². The monoisotopic (exact) mass is 453 g/mol. The molecule has 1 aromatic heterocycles. The SMILES string of the molecule is CC(=O)OCC1=C(C(=O)O)N2C(=O)[C@H](NC(=O)CCCn3cc([N+](=O)[O-])cn3)[C@H]2SC1. The van der Waals surface area contributed by atoms with E-state index in [1.54, 1.807) is 0 Å². The van der Waals surface area contributed by atoms with E-state index in [1.165, 1.54) is 29.6 Å². The van der Waals surface area contributed by atoms with Crippen LogP contribution in [0.5, 0.6) is 0 Å². The summed E-state index contributed by atoms with van der Waals surface area (Å²) in [5.74, 6) is -2.57. The van der Waals surface area contributed by atoms with Crippen molar-refractivity contribution < 1.29 is 33.9 Å². The van der Waals surface area contributed by atoms with Gasteiger partial charge in [0.1, 0.15) is 36.1 Å². The molecule has 3 rings (SSSR count). The minimum atomic E-state index is -1.31. The Labute approximate surface area is 179 Å². The zero-order valence-corrected chi connectivity index (χ0v) is 17.2. The molecule has 0 saturated carbocycles. The molecule has 13 nitrogen and oxygen atoms in total. The highest BCUT2D eigenvalue weighted by atomic mass is 32.2. The smallest absolute Gasteiger partial charge is 0.352 e. The van der Waals surface area contributed by atoms with Crippen molar-refractivity contribution in [1.29, 1.82) is 0 Å². The number of rotatable bonds is 9. The van der Waals surface area contributed by atoms with Gasteiger partial charge < -0.3 is 15.2 Å². The normalized spacial score (nSPS) is 20.0. The van der Waals surface area contributed by atoms with Gasteiger partial charge in [0.25, 0.3) is 5.91 Å². The summed E-state index contributed by atoms with van der Waals surface area (Å²) in [6.45, 7) is 1.27. The number of carbonyl (C=O) groups is 4. The van der Waals surface area contributed by atoms with Crippen molar-refractivity contribution in [2.75, 3.05) is 12.4 Å². The van der Waals surface area contributed by atoms with Crippen LogP contribution >= 0.6 is 11.8 Å². The molecule has 0 spiro atoms. The maximum absolute atomic E-state index is 12.5. The highest BCUT2D eigenvalue weighted by Crippen LogP contribution is 2.40. The fraction of sp³-hybridized carbons (Fsp3) is 0.471. The lowest BCUT2D eigenvalue weighted by atomic mass is 10.0. The molecule has 3 heterocycles. The quantitative estimate of drug-likeness (QED) is 0.222. The highest BCUT2D eigenvalue weighted by Gasteiger charge is 2.54. The first-order valence-corrected chi connectivity index (χ1v) is 10.2. The van der Waals surface area contributed by atoms with Crippen molar-refractivity contribution in [2.24, 2.45) is 0 Å². The Morgan fingerprint density at radius 1 is 1.45 bits per heavy atom. The average Bonchev–Trinajstić information content (AvgIpc) is 3.18. The number of hydrogen-bond donors (Lipinski definition) is 2. The van der Waals surface area contributed by atoms with Crippen molar-refractivity contribution in [2.45, 2.75) is 37.7 Å². The highest BCUT2D eigenvalue weighted by molar-refractivity contribution is 8.00. The van der Waals surface area contributed by atoms with Crippen LogP contribution in [0.2, 0.25) is 0 Å². The van der Waals surface area contributed by atoms with Gasteiger partial charge in [-0.15, -0.1) is 11.8 Å². The summed E-state index contributed by atoms with van der Waals surface area (Å²) in [4.78, 5) is 58.6. The Balaban J connectivity index is 1.54. The minimum absolute atomic E-state index is 0.0636. The lowest BCUT2D eigenvalue weighted by molar-refractivity contribution is -0.385. The molecule has 1 fully saturated rings. The van der Waals surface area contributed by atoms with Crippen molar-refractivity contribution in [3.05, 3.63) is 33.8 Å². The van der Waals surface area contributed by atoms with Crippen LogP contribution in [0.1, 0.15) is 19.8 Å². The van der Waals surface area contributed by atoms with Gasteiger partial charge in [-0.1, -0.05) is 0 Å². The summed E-state index contributed by atoms with van der Waals surface area (Å²) >= 11 is 1.27. The molecule has 31 heavy (non-hydrogen) atoms. The number of carboxylic acids is 1. The van der Waals surface area contributed by atoms with Crippen LogP contribution in [0, 0.1) is 10.1 Å². The number of amides is 2. The number of esters is 1. The van der Waals surface area contributed by atoms with E-state index in [1.807, 2.05) is 0 Å². The van der Waals surface area contributed by atoms with Gasteiger partial charge in [0.05, 0.1) is 4.92 Å². The summed E-state index contributed by atoms with van der Waals surface area (Å²) in [5, 5.41) is 26.0. The summed E-state index contributed by atoms with van der Waals surface area (Å²) < 4.78 is 6.22. The van der Waals surface area contributed by atoms with Gasteiger partial charge in [-0.2, -0.15) is 5.10 Å². The van der Waals surface area contributed by atoms with Crippen LogP contribution in [0.3, 0.4) is 0 Å². The van der Waals surface area contributed by atoms with Gasteiger partial charge >= 0.3 is 17.6 Å². The number of hydrogen-bond acceptors (Lipinski definition) is 9. The van der Waals surface area contributed by atoms with E-state index in [0.717, 1.165) is 11.1 Å². The van der Waals surface area contributed by atoms with Crippen molar-refractivity contribution >= 4 is 41.2 Å². The molecule has 14 heteroatoms. The van der Waals surface area contributed by atoms with Gasteiger partial charge in [-0.25, -0.2) is 4.79 Å². The molecule has 0 aromatic carbocycles. The van der Waals surface area contributed by atoms with E-state index in [2.05, 4.69) is 10.4 Å². The first kappa shape index (κ1) is 22.3. The molecule has 0 unspecified atom stereocenters. The lowest BCUT2D eigenvalue weighted by Crippen LogP contribution is -2.70. The molecular formula is C17H19N5O8S. The van der Waals surface area contributed by atoms with Crippen LogP contribution in [0.4, 0.5) is 5.69 Å². The number of fused-ring (bicyclic) bond motifs is 1. The number of nitro groups is 1. The van der Waals surface area contributed by atoms with Crippen LogP contribution in [0.15, 0.2) is 23.7 Å². The van der Waals surface area contributed by atoms with Crippen LogP contribution in [0.25, 0.3) is 0 Å². The molecule has 1 aromatic rings. The number of aliphatic carboxylic acids is 1. The topological polar surface area (TPSA) is 174 Å². The van der Waals surface area contributed by atoms with E-state index in [4.69, 9.17) is 4.74 Å². The zero-order valence-electron chi connectivity index (χ0n) is 16.3. The van der Waals surface area contributed by atoms with E-state index in [9.17, 15) is 34.4 Å². The second kappa shape index (κ2) is 9.16. The molecule has 0 radical (unpaired) electrons. The maximum atomic E-state index is 12.5. The fourth-order valence-electron chi connectivity index (χ4n) is 3.20. The fourth-order valence-corrected chi connectivity index (χ4v) is 4.53. The molecule has 166 valence electrons. The number of nitrogens with zero attached hydrogens (tertiary/aromatic N) is 4. The molecule has 2 aliphatic heterocycles. The van der Waals surface area contributed by atoms with E-state index >= 15 is 0 Å². The summed E-state index contributed by atoms with van der Waals surface area (Å²) in [6.07, 6.45) is 2.79. The van der Waals surface area contributed by atoms with Crippen LogP contribution in [-0.2, 0) is 30.5 Å². The molecule has 1 saturated heterocycles. The number of carbonyl (C=O) groups excluding carboxylic acids is 3. The number of thioether (sulfide) groups is 1. The zero-order chi connectivity index (χ0) is 22.7.